The van der Waals surface area contributed by atoms with E-state index in [0.29, 0.717) is 10.6 Å². The molecule has 2 rings (SSSR count). The topological polar surface area (TPSA) is 52.6 Å². The van der Waals surface area contributed by atoms with Crippen molar-refractivity contribution in [1.29, 1.82) is 0 Å². The summed E-state index contributed by atoms with van der Waals surface area (Å²) in [5.74, 6) is -0.847. The largest absolute Gasteiger partial charge is 0.465 e. The normalized spacial score (nSPS) is 10.5. The van der Waals surface area contributed by atoms with E-state index < -0.39 is 11.9 Å². The van der Waals surface area contributed by atoms with Gasteiger partial charge in [0.25, 0.3) is 0 Å². The zero-order chi connectivity index (χ0) is 16.7. The van der Waals surface area contributed by atoms with Gasteiger partial charge in [-0.15, -0.1) is 0 Å². The summed E-state index contributed by atoms with van der Waals surface area (Å²) < 4.78 is 9.74. The summed E-state index contributed by atoms with van der Waals surface area (Å²) in [7, 11) is 1.33. The highest BCUT2D eigenvalue weighted by Crippen LogP contribution is 2.11. The molecule has 0 fully saturated rings. The van der Waals surface area contributed by atoms with Gasteiger partial charge in [0.05, 0.1) is 12.7 Å². The molecule has 0 aliphatic carbocycles. The van der Waals surface area contributed by atoms with E-state index in [9.17, 15) is 9.59 Å². The predicted molar refractivity (Wildman–Crippen MR) is 88.1 cm³/mol. The van der Waals surface area contributed by atoms with E-state index in [1.54, 1.807) is 54.6 Å². The highest BCUT2D eigenvalue weighted by molar-refractivity contribution is 6.30. The zero-order valence-corrected chi connectivity index (χ0v) is 13.2. The van der Waals surface area contributed by atoms with Gasteiger partial charge in [0.1, 0.15) is 6.61 Å². The number of halogens is 1. The van der Waals surface area contributed by atoms with E-state index in [2.05, 4.69) is 4.74 Å². The van der Waals surface area contributed by atoms with Crippen molar-refractivity contribution in [2.24, 2.45) is 0 Å². The number of carbonyl (C=O) groups is 2. The Labute approximate surface area is 139 Å². The first-order chi connectivity index (χ1) is 11.1. The Morgan fingerprint density at radius 1 is 1.04 bits per heavy atom. The molecule has 23 heavy (non-hydrogen) atoms. The van der Waals surface area contributed by atoms with Gasteiger partial charge in [0.15, 0.2) is 0 Å². The molecule has 0 bridgehead atoms. The molecule has 2 aromatic carbocycles. The van der Waals surface area contributed by atoms with E-state index in [-0.39, 0.29) is 6.61 Å². The fraction of sp³-hybridized carbons (Fsp3) is 0.111. The third-order valence-electron chi connectivity index (χ3n) is 3.04. The minimum absolute atomic E-state index is 0.182. The van der Waals surface area contributed by atoms with Gasteiger partial charge < -0.3 is 9.47 Å². The maximum Gasteiger partial charge on any atom is 0.337 e. The van der Waals surface area contributed by atoms with Crippen molar-refractivity contribution in [2.45, 2.75) is 6.61 Å². The van der Waals surface area contributed by atoms with Gasteiger partial charge in [-0.05, 0) is 41.5 Å². The molecule has 0 N–H and O–H groups in total. The van der Waals surface area contributed by atoms with Crippen LogP contribution in [0.5, 0.6) is 0 Å². The third-order valence-corrected chi connectivity index (χ3v) is 3.29. The van der Waals surface area contributed by atoms with Crippen LogP contribution in [0.25, 0.3) is 6.08 Å². The number of benzene rings is 2. The minimum atomic E-state index is -0.447. The number of ether oxygens (including phenoxy) is 2. The Bertz CT molecular complexity index is 703. The van der Waals surface area contributed by atoms with Gasteiger partial charge in [-0.25, -0.2) is 9.59 Å². The average Bonchev–Trinajstić information content (AvgIpc) is 2.59. The van der Waals surface area contributed by atoms with Gasteiger partial charge in [0.2, 0.25) is 0 Å². The lowest BCUT2D eigenvalue weighted by atomic mass is 10.1. The van der Waals surface area contributed by atoms with Crippen LogP contribution in [0, 0.1) is 0 Å². The molecule has 5 heteroatoms. The molecule has 0 aliphatic heterocycles. The highest BCUT2D eigenvalue weighted by Gasteiger charge is 2.03. The molecular formula is C18H15ClO4. The fourth-order valence-electron chi connectivity index (χ4n) is 1.80. The van der Waals surface area contributed by atoms with E-state index >= 15 is 0 Å². The summed E-state index contributed by atoms with van der Waals surface area (Å²) in [6.07, 6.45) is 2.95. The molecule has 0 heterocycles. The van der Waals surface area contributed by atoms with Gasteiger partial charge in [-0.3, -0.25) is 0 Å². The monoisotopic (exact) mass is 330 g/mol. The van der Waals surface area contributed by atoms with Crippen LogP contribution in [-0.4, -0.2) is 19.0 Å². The number of rotatable bonds is 5. The predicted octanol–water partition coefficient (Wildman–Crippen LogP) is 3.88. The Morgan fingerprint density at radius 3 is 2.30 bits per heavy atom. The molecule has 118 valence electrons. The summed E-state index contributed by atoms with van der Waals surface area (Å²) >= 11 is 5.78. The van der Waals surface area contributed by atoms with Crippen LogP contribution in [0.3, 0.4) is 0 Å². The van der Waals surface area contributed by atoms with Crippen molar-refractivity contribution in [3.63, 3.8) is 0 Å². The van der Waals surface area contributed by atoms with Crippen LogP contribution >= 0.6 is 11.6 Å². The lowest BCUT2D eigenvalue weighted by Gasteiger charge is -2.02. The summed E-state index contributed by atoms with van der Waals surface area (Å²) in [6.45, 7) is 0.182. The molecule has 0 atom stereocenters. The fourth-order valence-corrected chi connectivity index (χ4v) is 1.92. The van der Waals surface area contributed by atoms with Crippen molar-refractivity contribution in [3.8, 4) is 0 Å². The van der Waals surface area contributed by atoms with Crippen LogP contribution < -0.4 is 0 Å². The average molecular weight is 331 g/mol. The maximum atomic E-state index is 11.7. The SMILES string of the molecule is COC(=O)c1ccc(/C=C/C(=O)OCc2ccc(Cl)cc2)cc1. The van der Waals surface area contributed by atoms with Gasteiger partial charge in [0, 0.05) is 11.1 Å². The maximum absolute atomic E-state index is 11.7. The first-order valence-electron chi connectivity index (χ1n) is 6.86. The lowest BCUT2D eigenvalue weighted by molar-refractivity contribution is -0.138. The van der Waals surface area contributed by atoms with Crippen molar-refractivity contribution in [1.82, 2.24) is 0 Å². The standard InChI is InChI=1S/C18H15ClO4/c1-22-18(21)15-7-2-13(3-8-15)6-11-17(20)23-12-14-4-9-16(19)10-5-14/h2-11H,12H2,1H3/b11-6+. The number of carbonyl (C=O) groups excluding carboxylic acids is 2. The van der Waals surface area contributed by atoms with E-state index in [1.807, 2.05) is 0 Å². The molecule has 0 saturated carbocycles. The second-order valence-electron chi connectivity index (χ2n) is 4.68. The van der Waals surface area contributed by atoms with Crippen LogP contribution in [0.1, 0.15) is 21.5 Å². The summed E-state index contributed by atoms with van der Waals surface area (Å²) in [5.41, 5.74) is 2.09. The van der Waals surface area contributed by atoms with Crippen LogP contribution in [0.15, 0.2) is 54.6 Å². The minimum Gasteiger partial charge on any atom is -0.465 e. The number of esters is 2. The van der Waals surface area contributed by atoms with E-state index in [4.69, 9.17) is 16.3 Å². The summed E-state index contributed by atoms with van der Waals surface area (Å²) in [6, 6.07) is 13.8. The van der Waals surface area contributed by atoms with Crippen molar-refractivity contribution in [3.05, 3.63) is 76.3 Å². The molecule has 0 amide bonds. The molecule has 0 aliphatic rings. The van der Waals surface area contributed by atoms with Gasteiger partial charge in [-0.1, -0.05) is 35.9 Å². The molecule has 0 radical (unpaired) electrons. The number of hydrogen-bond donors (Lipinski definition) is 0. The first kappa shape index (κ1) is 16.8. The molecular weight excluding hydrogens is 316 g/mol. The Kier molecular flexibility index (Phi) is 5.94. The van der Waals surface area contributed by atoms with Crippen LogP contribution in [0.2, 0.25) is 5.02 Å². The van der Waals surface area contributed by atoms with Gasteiger partial charge in [-0.2, -0.15) is 0 Å². The highest BCUT2D eigenvalue weighted by atomic mass is 35.5. The molecule has 0 spiro atoms. The first-order valence-corrected chi connectivity index (χ1v) is 7.24. The van der Waals surface area contributed by atoms with E-state index in [1.165, 1.54) is 13.2 Å². The second-order valence-corrected chi connectivity index (χ2v) is 5.12. The molecule has 0 saturated heterocycles. The zero-order valence-electron chi connectivity index (χ0n) is 12.5. The third kappa shape index (κ3) is 5.27. The smallest absolute Gasteiger partial charge is 0.337 e. The molecule has 2 aromatic rings. The number of hydrogen-bond acceptors (Lipinski definition) is 4. The lowest BCUT2D eigenvalue weighted by Crippen LogP contribution is -2.01. The van der Waals surface area contributed by atoms with Crippen molar-refractivity contribution in [2.75, 3.05) is 7.11 Å². The van der Waals surface area contributed by atoms with Crippen molar-refractivity contribution < 1.29 is 19.1 Å². The molecule has 4 nitrogen and oxygen atoms in total. The molecule has 0 unspecified atom stereocenters. The Balaban J connectivity index is 1.88. The number of methoxy groups -OCH3 is 1. The molecule has 0 aromatic heterocycles. The quantitative estimate of drug-likeness (QED) is 0.616. The van der Waals surface area contributed by atoms with Crippen LogP contribution in [-0.2, 0) is 20.9 Å². The second kappa shape index (κ2) is 8.15. The van der Waals surface area contributed by atoms with Crippen molar-refractivity contribution >= 4 is 29.6 Å². The summed E-state index contributed by atoms with van der Waals surface area (Å²) in [4.78, 5) is 23.0. The Morgan fingerprint density at radius 2 is 1.70 bits per heavy atom. The van der Waals surface area contributed by atoms with E-state index in [0.717, 1.165) is 11.1 Å². The van der Waals surface area contributed by atoms with Gasteiger partial charge >= 0.3 is 11.9 Å². The summed E-state index contributed by atoms with van der Waals surface area (Å²) in [5, 5.41) is 0.635. The van der Waals surface area contributed by atoms with Crippen LogP contribution in [0.4, 0.5) is 0 Å². The Hall–Kier alpha value is -2.59.